The molecule has 3 heterocycles. The molecule has 0 fully saturated rings. The van der Waals surface area contributed by atoms with Gasteiger partial charge in [0.15, 0.2) is 6.61 Å². The van der Waals surface area contributed by atoms with Crippen LogP contribution in [0.4, 0.5) is 0 Å². The maximum Gasteiger partial charge on any atom is 0.336 e. The van der Waals surface area contributed by atoms with Crippen LogP contribution in [0.2, 0.25) is 0 Å². The highest BCUT2D eigenvalue weighted by Gasteiger charge is 2.12. The van der Waals surface area contributed by atoms with Crippen molar-refractivity contribution in [3.8, 4) is 28.3 Å². The SMILES string of the molecule is O=c1cc(-c2ccccc2)c2ccc(OCc3nc(-c4ccsc4)no3)cc2o1. The second-order valence-corrected chi connectivity index (χ2v) is 7.10. The summed E-state index contributed by atoms with van der Waals surface area (Å²) in [5.41, 5.74) is 2.72. The van der Waals surface area contributed by atoms with Crippen LogP contribution < -0.4 is 10.4 Å². The first-order valence-corrected chi connectivity index (χ1v) is 9.82. The summed E-state index contributed by atoms with van der Waals surface area (Å²) in [6.07, 6.45) is 0. The lowest BCUT2D eigenvalue weighted by Crippen LogP contribution is -1.99. The minimum Gasteiger partial charge on any atom is -0.484 e. The minimum absolute atomic E-state index is 0.116. The molecule has 142 valence electrons. The van der Waals surface area contributed by atoms with Crippen LogP contribution in [0.25, 0.3) is 33.5 Å². The number of hydrogen-bond donors (Lipinski definition) is 0. The van der Waals surface area contributed by atoms with Crippen molar-refractivity contribution in [3.05, 3.63) is 87.7 Å². The van der Waals surface area contributed by atoms with E-state index in [1.54, 1.807) is 17.4 Å². The van der Waals surface area contributed by atoms with E-state index in [1.165, 1.54) is 6.07 Å². The highest BCUT2D eigenvalue weighted by molar-refractivity contribution is 7.08. The van der Waals surface area contributed by atoms with Gasteiger partial charge in [-0.1, -0.05) is 35.5 Å². The van der Waals surface area contributed by atoms with Gasteiger partial charge in [0.1, 0.15) is 11.3 Å². The molecule has 0 aliphatic carbocycles. The molecule has 0 saturated heterocycles. The Morgan fingerprint density at radius 3 is 2.72 bits per heavy atom. The van der Waals surface area contributed by atoms with Crippen molar-refractivity contribution < 1.29 is 13.7 Å². The zero-order chi connectivity index (χ0) is 19.6. The summed E-state index contributed by atoms with van der Waals surface area (Å²) >= 11 is 1.57. The summed E-state index contributed by atoms with van der Waals surface area (Å²) in [7, 11) is 0. The van der Waals surface area contributed by atoms with Crippen molar-refractivity contribution >= 4 is 22.3 Å². The van der Waals surface area contributed by atoms with Gasteiger partial charge in [-0.05, 0) is 34.7 Å². The topological polar surface area (TPSA) is 78.4 Å². The van der Waals surface area contributed by atoms with Gasteiger partial charge in [0.2, 0.25) is 5.82 Å². The first-order valence-electron chi connectivity index (χ1n) is 8.87. The van der Waals surface area contributed by atoms with Gasteiger partial charge in [-0.2, -0.15) is 16.3 Å². The highest BCUT2D eigenvalue weighted by atomic mass is 32.1. The molecule has 0 aliphatic heterocycles. The molecule has 0 bridgehead atoms. The predicted molar refractivity (Wildman–Crippen MR) is 110 cm³/mol. The van der Waals surface area contributed by atoms with E-state index in [-0.39, 0.29) is 6.61 Å². The molecule has 0 atom stereocenters. The molecule has 2 aromatic carbocycles. The van der Waals surface area contributed by atoms with Crippen molar-refractivity contribution in [1.29, 1.82) is 0 Å². The summed E-state index contributed by atoms with van der Waals surface area (Å²) in [6.45, 7) is 0.116. The van der Waals surface area contributed by atoms with Gasteiger partial charge in [-0.15, -0.1) is 0 Å². The van der Waals surface area contributed by atoms with E-state index >= 15 is 0 Å². The average molecular weight is 402 g/mol. The quantitative estimate of drug-likeness (QED) is 0.378. The summed E-state index contributed by atoms with van der Waals surface area (Å²) in [5, 5.41) is 8.69. The Morgan fingerprint density at radius 2 is 1.90 bits per heavy atom. The fraction of sp³-hybridized carbons (Fsp3) is 0.0455. The van der Waals surface area contributed by atoms with Crippen LogP contribution in [-0.2, 0) is 6.61 Å². The van der Waals surface area contributed by atoms with Crippen LogP contribution in [0.5, 0.6) is 5.75 Å². The third kappa shape index (κ3) is 3.55. The van der Waals surface area contributed by atoms with Gasteiger partial charge >= 0.3 is 5.63 Å². The van der Waals surface area contributed by atoms with Crippen LogP contribution >= 0.6 is 11.3 Å². The van der Waals surface area contributed by atoms with Gasteiger partial charge in [-0.25, -0.2) is 4.79 Å². The summed E-state index contributed by atoms with van der Waals surface area (Å²) in [5.74, 6) is 1.44. The molecule has 0 amide bonds. The van der Waals surface area contributed by atoms with Gasteiger partial charge in [0.25, 0.3) is 5.89 Å². The van der Waals surface area contributed by atoms with Crippen LogP contribution in [-0.4, -0.2) is 10.1 Å². The normalized spacial score (nSPS) is 11.0. The minimum atomic E-state index is -0.411. The summed E-state index contributed by atoms with van der Waals surface area (Å²) in [4.78, 5) is 16.4. The van der Waals surface area contributed by atoms with Gasteiger partial charge in [0, 0.05) is 28.5 Å². The fourth-order valence-electron chi connectivity index (χ4n) is 3.06. The summed E-state index contributed by atoms with van der Waals surface area (Å²) < 4.78 is 16.4. The Labute approximate surface area is 169 Å². The van der Waals surface area contributed by atoms with Crippen molar-refractivity contribution in [2.45, 2.75) is 6.61 Å². The lowest BCUT2D eigenvalue weighted by Gasteiger charge is -2.08. The molecule has 0 aliphatic rings. The zero-order valence-electron chi connectivity index (χ0n) is 15.1. The third-order valence-electron chi connectivity index (χ3n) is 4.41. The maximum absolute atomic E-state index is 12.0. The fourth-order valence-corrected chi connectivity index (χ4v) is 3.69. The van der Waals surface area contributed by atoms with Crippen LogP contribution in [0, 0.1) is 0 Å². The monoisotopic (exact) mass is 402 g/mol. The van der Waals surface area contributed by atoms with E-state index in [4.69, 9.17) is 13.7 Å². The molecule has 0 saturated carbocycles. The van der Waals surface area contributed by atoms with Crippen molar-refractivity contribution in [2.24, 2.45) is 0 Å². The Kier molecular flexibility index (Phi) is 4.42. The Morgan fingerprint density at radius 1 is 1.00 bits per heavy atom. The number of hydrogen-bond acceptors (Lipinski definition) is 7. The number of nitrogens with zero attached hydrogens (tertiary/aromatic N) is 2. The lowest BCUT2D eigenvalue weighted by atomic mass is 10.0. The van der Waals surface area contributed by atoms with E-state index in [0.29, 0.717) is 23.0 Å². The second-order valence-electron chi connectivity index (χ2n) is 6.32. The van der Waals surface area contributed by atoms with Crippen LogP contribution in [0.15, 0.2) is 85.2 Å². The maximum atomic E-state index is 12.0. The van der Waals surface area contributed by atoms with E-state index in [0.717, 1.165) is 22.1 Å². The molecular weight excluding hydrogens is 388 g/mol. The third-order valence-corrected chi connectivity index (χ3v) is 5.09. The first kappa shape index (κ1) is 17.4. The van der Waals surface area contributed by atoms with Gasteiger partial charge in [-0.3, -0.25) is 0 Å². The molecular formula is C22H14N2O4S. The lowest BCUT2D eigenvalue weighted by molar-refractivity contribution is 0.243. The van der Waals surface area contributed by atoms with Crippen molar-refractivity contribution in [1.82, 2.24) is 10.1 Å². The van der Waals surface area contributed by atoms with Crippen LogP contribution in [0.1, 0.15) is 5.89 Å². The first-order chi connectivity index (χ1) is 14.3. The summed E-state index contributed by atoms with van der Waals surface area (Å²) in [6, 6.07) is 18.5. The second kappa shape index (κ2) is 7.37. The van der Waals surface area contributed by atoms with E-state index in [2.05, 4.69) is 10.1 Å². The average Bonchev–Trinajstić information content (AvgIpc) is 3.44. The standard InChI is InChI=1S/C22H14N2O4S/c25-21-11-18(14-4-2-1-3-5-14)17-7-6-16(10-19(17)27-21)26-12-20-23-22(24-28-20)15-8-9-29-13-15/h1-11,13H,12H2. The van der Waals surface area contributed by atoms with Gasteiger partial charge in [0.05, 0.1) is 0 Å². The highest BCUT2D eigenvalue weighted by Crippen LogP contribution is 2.30. The smallest absolute Gasteiger partial charge is 0.336 e. The number of aromatic nitrogens is 2. The van der Waals surface area contributed by atoms with E-state index in [9.17, 15) is 4.79 Å². The molecule has 0 unspecified atom stereocenters. The number of fused-ring (bicyclic) bond motifs is 1. The Balaban J connectivity index is 1.41. The van der Waals surface area contributed by atoms with E-state index in [1.807, 2.05) is 59.3 Å². The molecule has 6 nitrogen and oxygen atoms in total. The number of ether oxygens (including phenoxy) is 1. The molecule has 29 heavy (non-hydrogen) atoms. The molecule has 5 aromatic rings. The van der Waals surface area contributed by atoms with Gasteiger partial charge < -0.3 is 13.7 Å². The largest absolute Gasteiger partial charge is 0.484 e. The molecule has 7 heteroatoms. The van der Waals surface area contributed by atoms with Crippen molar-refractivity contribution in [2.75, 3.05) is 0 Å². The number of benzene rings is 2. The molecule has 5 rings (SSSR count). The predicted octanol–water partition coefficient (Wildman–Crippen LogP) is 5.15. The van der Waals surface area contributed by atoms with Crippen molar-refractivity contribution in [3.63, 3.8) is 0 Å². The van der Waals surface area contributed by atoms with Crippen LogP contribution in [0.3, 0.4) is 0 Å². The Hall–Kier alpha value is -3.71. The molecule has 0 radical (unpaired) electrons. The molecule has 3 aromatic heterocycles. The molecule has 0 N–H and O–H groups in total. The van der Waals surface area contributed by atoms with E-state index < -0.39 is 5.63 Å². The Bertz CT molecular complexity index is 1320. The zero-order valence-corrected chi connectivity index (χ0v) is 15.9. The number of thiophene rings is 1. The number of rotatable bonds is 5. The molecule has 0 spiro atoms.